The molecule has 0 bridgehead atoms. The lowest BCUT2D eigenvalue weighted by Crippen LogP contribution is -2.61. The SMILES string of the molecule is CC(C)[C@H]1COC[C@@H](N)C(=O)N2CCCC[C@H]2C(=O)NCC(=O)N(C)CC(=O)N(C)[C@@H](C(C)C)C(=O)NC[C@@H](NC(=O)c2nc3ccccc3cc2O)C(=O)N2CCCC[C@H]2C(=O)NCC(=O)N(C)CC(=O)N1C. The van der Waals surface area contributed by atoms with E-state index in [4.69, 9.17) is 10.5 Å². The molecular formula is C50H74N12O12. The second-order valence-corrected chi connectivity index (χ2v) is 20.0. The number of carbonyl (C=O) groups excluding carboxylic acids is 10. The molecule has 10 amide bonds. The average molecular weight is 1040 g/mol. The summed E-state index contributed by atoms with van der Waals surface area (Å²) in [6, 6.07) is 1.65. The molecule has 0 saturated carbocycles. The second kappa shape index (κ2) is 26.3. The summed E-state index contributed by atoms with van der Waals surface area (Å²) in [5, 5.41) is 21.9. The van der Waals surface area contributed by atoms with Gasteiger partial charge >= 0.3 is 0 Å². The van der Waals surface area contributed by atoms with Crippen LogP contribution in [0.1, 0.15) is 76.7 Å². The van der Waals surface area contributed by atoms with Crippen LogP contribution in [0.15, 0.2) is 30.3 Å². The van der Waals surface area contributed by atoms with Crippen LogP contribution in [0.2, 0.25) is 0 Å². The summed E-state index contributed by atoms with van der Waals surface area (Å²) >= 11 is 0. The normalized spacial score (nSPS) is 25.3. The summed E-state index contributed by atoms with van der Waals surface area (Å²) in [4.78, 5) is 150. The molecule has 1 aromatic heterocycles. The number of aromatic hydroxyl groups is 1. The number of nitrogens with two attached hydrogens (primary N) is 1. The molecule has 3 fully saturated rings. The predicted molar refractivity (Wildman–Crippen MR) is 269 cm³/mol. The fourth-order valence-electron chi connectivity index (χ4n) is 9.40. The van der Waals surface area contributed by atoms with Crippen molar-refractivity contribution >= 4 is 70.0 Å². The number of para-hydroxylation sites is 1. The smallest absolute Gasteiger partial charge is 0.274 e. The van der Waals surface area contributed by atoms with Crippen LogP contribution in [0.25, 0.3) is 10.9 Å². The Hall–Kier alpha value is -6.95. The summed E-state index contributed by atoms with van der Waals surface area (Å²) in [6.07, 6.45) is 2.76. The number of likely N-dealkylation sites (N-methyl/N-ethyl adjacent to an activating group) is 4. The molecule has 4 heterocycles. The number of nitrogens with zero attached hydrogens (tertiary/aromatic N) is 7. The Morgan fingerprint density at radius 1 is 0.703 bits per heavy atom. The Morgan fingerprint density at radius 3 is 1.80 bits per heavy atom. The molecule has 0 aliphatic carbocycles. The first kappa shape index (κ1) is 57.9. The summed E-state index contributed by atoms with van der Waals surface area (Å²) in [6.45, 7) is 4.74. The van der Waals surface area contributed by atoms with Crippen LogP contribution in [-0.4, -0.2) is 222 Å². The molecule has 406 valence electrons. The summed E-state index contributed by atoms with van der Waals surface area (Å²) in [5.41, 5.74) is 6.29. The van der Waals surface area contributed by atoms with E-state index < -0.39 is 139 Å². The van der Waals surface area contributed by atoms with E-state index in [1.807, 2.05) is 13.8 Å². The molecule has 2 aromatic rings. The average Bonchev–Trinajstić information content (AvgIpc) is 3.37. The van der Waals surface area contributed by atoms with Gasteiger partial charge in [0, 0.05) is 53.2 Å². The number of aromatic nitrogens is 1. The van der Waals surface area contributed by atoms with E-state index >= 15 is 0 Å². The maximum absolute atomic E-state index is 14.7. The van der Waals surface area contributed by atoms with Gasteiger partial charge in [-0.3, -0.25) is 47.9 Å². The summed E-state index contributed by atoms with van der Waals surface area (Å²) < 4.78 is 5.91. The molecule has 7 N–H and O–H groups in total. The number of hydrogen-bond acceptors (Lipinski definition) is 14. The highest BCUT2D eigenvalue weighted by molar-refractivity contribution is 6.01. The monoisotopic (exact) mass is 1030 g/mol. The molecule has 5 rings (SSSR count). The molecule has 0 radical (unpaired) electrons. The lowest BCUT2D eigenvalue weighted by atomic mass is 9.99. The zero-order chi connectivity index (χ0) is 54.6. The van der Waals surface area contributed by atoms with Gasteiger partial charge in [0.15, 0.2) is 5.69 Å². The zero-order valence-corrected chi connectivity index (χ0v) is 43.8. The summed E-state index contributed by atoms with van der Waals surface area (Å²) in [5.74, 6) is -7.72. The molecule has 0 unspecified atom stereocenters. The van der Waals surface area contributed by atoms with Crippen molar-refractivity contribution in [3.63, 3.8) is 0 Å². The van der Waals surface area contributed by atoms with Gasteiger partial charge in [0.1, 0.15) is 36.0 Å². The van der Waals surface area contributed by atoms with Gasteiger partial charge in [0.25, 0.3) is 5.91 Å². The van der Waals surface area contributed by atoms with E-state index in [0.29, 0.717) is 43.0 Å². The fourth-order valence-corrected chi connectivity index (χ4v) is 9.40. The van der Waals surface area contributed by atoms with Gasteiger partial charge in [-0.2, -0.15) is 0 Å². The molecule has 0 spiro atoms. The minimum absolute atomic E-state index is 0.0130. The van der Waals surface area contributed by atoms with Crippen LogP contribution >= 0.6 is 0 Å². The third-order valence-corrected chi connectivity index (χ3v) is 13.9. The van der Waals surface area contributed by atoms with Crippen molar-refractivity contribution in [2.75, 3.05) is 87.2 Å². The van der Waals surface area contributed by atoms with Crippen molar-refractivity contribution in [3.8, 4) is 5.75 Å². The predicted octanol–water partition coefficient (Wildman–Crippen LogP) is -1.61. The lowest BCUT2D eigenvalue weighted by molar-refractivity contribution is -0.146. The Bertz CT molecular complexity index is 2420. The van der Waals surface area contributed by atoms with Crippen LogP contribution < -0.4 is 27.0 Å². The van der Waals surface area contributed by atoms with Crippen molar-refractivity contribution in [1.82, 2.24) is 55.7 Å². The highest BCUT2D eigenvalue weighted by atomic mass is 16.5. The molecule has 24 heteroatoms. The van der Waals surface area contributed by atoms with Gasteiger partial charge in [-0.15, -0.1) is 0 Å². The second-order valence-electron chi connectivity index (χ2n) is 20.0. The first-order valence-corrected chi connectivity index (χ1v) is 25.2. The molecule has 74 heavy (non-hydrogen) atoms. The topological polar surface area (TPSA) is 307 Å². The van der Waals surface area contributed by atoms with E-state index in [2.05, 4.69) is 26.3 Å². The highest BCUT2D eigenvalue weighted by Gasteiger charge is 2.40. The van der Waals surface area contributed by atoms with Crippen LogP contribution in [-0.2, 0) is 47.9 Å². The van der Waals surface area contributed by atoms with E-state index in [9.17, 15) is 53.1 Å². The Balaban J connectivity index is 1.42. The Morgan fingerprint density at radius 2 is 1.24 bits per heavy atom. The lowest BCUT2D eigenvalue weighted by Gasteiger charge is -2.37. The van der Waals surface area contributed by atoms with Gasteiger partial charge in [-0.25, -0.2) is 4.98 Å². The van der Waals surface area contributed by atoms with E-state index in [1.165, 1.54) is 41.9 Å². The Labute approximate surface area is 431 Å². The number of ether oxygens (including phenoxy) is 1. The number of fused-ring (bicyclic) bond motifs is 3. The van der Waals surface area contributed by atoms with Crippen molar-refractivity contribution < 1.29 is 57.8 Å². The van der Waals surface area contributed by atoms with Crippen molar-refractivity contribution in [1.29, 1.82) is 0 Å². The van der Waals surface area contributed by atoms with Gasteiger partial charge in [0.2, 0.25) is 53.2 Å². The standard InChI is InChI=1S/C50H74N12O12/c1-29(2)37-28-74-27-32(51)49(72)61-19-13-11-17-35(61)45(68)53-24-40(65)58(6)26-42(67)60(8)44(30(3)4)48(71)52-22-34(56-47(70)43-38(63)21-31-15-9-10-16-33(31)55-43)50(73)62-20-14-12-18-36(62)46(69)54-23-39(64)57(5)25-41(66)59(37)7/h9-10,15-16,21,29-30,32,34-37,44,63H,11-14,17-20,22-28,51H2,1-8H3,(H,52,71)(H,53,68)(H,54,69)(H,56,70)/t32-,34-,35+,36+,37-,44+/m1/s1. The minimum Gasteiger partial charge on any atom is -0.505 e. The molecule has 3 saturated heterocycles. The zero-order valence-electron chi connectivity index (χ0n) is 43.8. The number of nitrogens with one attached hydrogen (secondary N) is 4. The highest BCUT2D eigenvalue weighted by Crippen LogP contribution is 2.24. The molecule has 3 aliphatic rings. The summed E-state index contributed by atoms with van der Waals surface area (Å²) in [7, 11) is 5.69. The number of piperidine rings is 2. The first-order chi connectivity index (χ1) is 35.0. The van der Waals surface area contributed by atoms with Crippen molar-refractivity contribution in [2.24, 2.45) is 17.6 Å². The third-order valence-electron chi connectivity index (χ3n) is 13.9. The first-order valence-electron chi connectivity index (χ1n) is 25.2. The van der Waals surface area contributed by atoms with Crippen LogP contribution in [0.3, 0.4) is 0 Å². The van der Waals surface area contributed by atoms with Gasteiger partial charge in [-0.1, -0.05) is 45.9 Å². The molecule has 1 aromatic carbocycles. The van der Waals surface area contributed by atoms with Gasteiger partial charge in [-0.05, 0) is 62.5 Å². The number of amides is 10. The molecule has 3 aliphatic heterocycles. The van der Waals surface area contributed by atoms with Gasteiger partial charge < -0.3 is 66.2 Å². The Kier molecular flexibility index (Phi) is 20.6. The molecule has 6 atom stereocenters. The molecule has 24 nitrogen and oxygen atoms in total. The maximum atomic E-state index is 14.7. The minimum atomic E-state index is -1.55. The van der Waals surface area contributed by atoms with Crippen LogP contribution in [0, 0.1) is 11.8 Å². The number of hydrogen-bond donors (Lipinski definition) is 6. The quantitative estimate of drug-likeness (QED) is 0.201. The van der Waals surface area contributed by atoms with E-state index in [0.717, 1.165) is 14.7 Å². The maximum Gasteiger partial charge on any atom is 0.274 e. The van der Waals surface area contributed by atoms with Crippen LogP contribution in [0.5, 0.6) is 5.75 Å². The number of rotatable bonds is 4. The number of benzene rings is 1. The van der Waals surface area contributed by atoms with E-state index in [-0.39, 0.29) is 45.2 Å². The van der Waals surface area contributed by atoms with Crippen LogP contribution in [0.4, 0.5) is 0 Å². The van der Waals surface area contributed by atoms with Crippen molar-refractivity contribution in [2.45, 2.75) is 102 Å². The third kappa shape index (κ3) is 14.6. The molecular weight excluding hydrogens is 961 g/mol. The number of carbonyl (C=O) groups is 10. The van der Waals surface area contributed by atoms with Gasteiger partial charge in [0.05, 0.1) is 51.0 Å². The largest absolute Gasteiger partial charge is 0.505 e. The van der Waals surface area contributed by atoms with Crippen molar-refractivity contribution in [3.05, 3.63) is 36.0 Å². The fraction of sp³-hybridized carbons (Fsp3) is 0.620. The van der Waals surface area contributed by atoms with E-state index in [1.54, 1.807) is 45.2 Å². The number of pyridine rings is 1.